The highest BCUT2D eigenvalue weighted by atomic mass is 35.5. The maximum absolute atomic E-state index is 6.25. The molecule has 0 unspecified atom stereocenters. The first-order valence-corrected chi connectivity index (χ1v) is 8.06. The monoisotopic (exact) mass is 319 g/mol. The molecule has 1 aromatic heterocycles. The van der Waals surface area contributed by atoms with Crippen molar-refractivity contribution in [1.29, 1.82) is 0 Å². The molecule has 1 saturated heterocycles. The molecular weight excluding hydrogens is 298 g/mol. The second-order valence-corrected chi connectivity index (χ2v) is 6.29. The molecule has 4 nitrogen and oxygen atoms in total. The number of ether oxygens (including phenoxy) is 1. The molecule has 1 aliphatic heterocycles. The first kappa shape index (κ1) is 15.5. The van der Waals surface area contributed by atoms with Crippen molar-refractivity contribution >= 4 is 11.6 Å². The van der Waals surface area contributed by atoms with Crippen LogP contribution in [0.4, 0.5) is 0 Å². The molecule has 1 fully saturated rings. The highest BCUT2D eigenvalue weighted by Gasteiger charge is 2.22. The highest BCUT2D eigenvalue weighted by molar-refractivity contribution is 6.31. The van der Waals surface area contributed by atoms with Gasteiger partial charge >= 0.3 is 0 Å². The summed E-state index contributed by atoms with van der Waals surface area (Å²) >= 11 is 6.25. The molecule has 2 aromatic rings. The Morgan fingerprint density at radius 3 is 2.91 bits per heavy atom. The molecule has 3 rings (SSSR count). The van der Waals surface area contributed by atoms with Gasteiger partial charge in [-0.05, 0) is 18.6 Å². The fourth-order valence-electron chi connectivity index (χ4n) is 2.88. The van der Waals surface area contributed by atoms with Gasteiger partial charge in [-0.1, -0.05) is 29.8 Å². The van der Waals surface area contributed by atoms with E-state index in [9.17, 15) is 0 Å². The Hall–Kier alpha value is -1.36. The van der Waals surface area contributed by atoms with Crippen LogP contribution in [0.5, 0.6) is 0 Å². The molecule has 0 spiro atoms. The van der Waals surface area contributed by atoms with Gasteiger partial charge < -0.3 is 9.30 Å². The summed E-state index contributed by atoms with van der Waals surface area (Å²) in [6.07, 6.45) is 3.03. The van der Waals surface area contributed by atoms with Crippen molar-refractivity contribution in [3.05, 3.63) is 52.6 Å². The van der Waals surface area contributed by atoms with Gasteiger partial charge in [-0.2, -0.15) is 0 Å². The molecule has 22 heavy (non-hydrogen) atoms. The fourth-order valence-corrected chi connectivity index (χ4v) is 3.09. The Balaban J connectivity index is 1.62. The Morgan fingerprint density at radius 1 is 1.36 bits per heavy atom. The van der Waals surface area contributed by atoms with Gasteiger partial charge in [0.15, 0.2) is 0 Å². The topological polar surface area (TPSA) is 30.3 Å². The fraction of sp³-hybridized carbons (Fsp3) is 0.471. The number of hydrogen-bond acceptors (Lipinski definition) is 3. The third-order valence-corrected chi connectivity index (χ3v) is 4.70. The third-order valence-electron chi connectivity index (χ3n) is 4.33. The molecule has 2 heterocycles. The Kier molecular flexibility index (Phi) is 4.81. The Bertz CT molecular complexity index is 641. The molecule has 5 heteroatoms. The summed E-state index contributed by atoms with van der Waals surface area (Å²) in [4.78, 5) is 6.80. The lowest BCUT2D eigenvalue weighted by Gasteiger charge is -2.33. The average molecular weight is 320 g/mol. The van der Waals surface area contributed by atoms with Gasteiger partial charge in [0.25, 0.3) is 0 Å². The molecule has 1 aromatic carbocycles. The molecule has 0 saturated carbocycles. The van der Waals surface area contributed by atoms with Crippen LogP contribution in [0, 0.1) is 6.92 Å². The second kappa shape index (κ2) is 6.82. The lowest BCUT2D eigenvalue weighted by atomic mass is 10.1. The molecule has 1 aliphatic rings. The van der Waals surface area contributed by atoms with Crippen LogP contribution in [-0.4, -0.2) is 40.3 Å². The number of benzene rings is 1. The minimum absolute atomic E-state index is 0.197. The summed E-state index contributed by atoms with van der Waals surface area (Å²) in [5.74, 6) is 1.05. The quantitative estimate of drug-likeness (QED) is 0.868. The van der Waals surface area contributed by atoms with E-state index in [1.807, 2.05) is 31.3 Å². The molecule has 118 valence electrons. The average Bonchev–Trinajstić information content (AvgIpc) is 2.82. The van der Waals surface area contributed by atoms with Crippen molar-refractivity contribution in [3.63, 3.8) is 0 Å². The van der Waals surface area contributed by atoms with E-state index in [-0.39, 0.29) is 6.10 Å². The van der Waals surface area contributed by atoms with E-state index in [0.717, 1.165) is 49.1 Å². The molecule has 0 aliphatic carbocycles. The Morgan fingerprint density at radius 2 is 2.18 bits per heavy atom. The van der Waals surface area contributed by atoms with Crippen LogP contribution in [0.15, 0.2) is 30.5 Å². The van der Waals surface area contributed by atoms with Crippen molar-refractivity contribution < 1.29 is 4.74 Å². The van der Waals surface area contributed by atoms with E-state index >= 15 is 0 Å². The van der Waals surface area contributed by atoms with E-state index in [1.54, 1.807) is 0 Å². The number of imidazole rings is 1. The van der Waals surface area contributed by atoms with Crippen molar-refractivity contribution in [2.45, 2.75) is 26.0 Å². The largest absolute Gasteiger partial charge is 0.375 e. The van der Waals surface area contributed by atoms with E-state index in [1.165, 1.54) is 5.69 Å². The van der Waals surface area contributed by atoms with Crippen LogP contribution in [0.3, 0.4) is 0 Å². The first-order chi connectivity index (χ1) is 10.6. The number of hydrogen-bond donors (Lipinski definition) is 0. The molecule has 0 bridgehead atoms. The number of nitrogens with zero attached hydrogens (tertiary/aromatic N) is 3. The van der Waals surface area contributed by atoms with E-state index in [4.69, 9.17) is 16.3 Å². The summed E-state index contributed by atoms with van der Waals surface area (Å²) in [5, 5.41) is 0.825. The number of aromatic nitrogens is 2. The van der Waals surface area contributed by atoms with Crippen LogP contribution in [-0.2, 0) is 24.8 Å². The predicted molar refractivity (Wildman–Crippen MR) is 88.1 cm³/mol. The number of morpholine rings is 1. The number of halogens is 1. The van der Waals surface area contributed by atoms with E-state index in [0.29, 0.717) is 0 Å². The van der Waals surface area contributed by atoms with Gasteiger partial charge in [-0.3, -0.25) is 4.90 Å². The zero-order valence-corrected chi connectivity index (χ0v) is 13.9. The summed E-state index contributed by atoms with van der Waals surface area (Å²) in [6, 6.07) is 8.01. The van der Waals surface area contributed by atoms with Gasteiger partial charge in [0.05, 0.1) is 18.4 Å². The molecule has 0 radical (unpaired) electrons. The summed E-state index contributed by atoms with van der Waals surface area (Å²) in [5.41, 5.74) is 2.41. The smallest absolute Gasteiger partial charge is 0.105 e. The molecule has 0 N–H and O–H groups in total. The predicted octanol–water partition coefficient (Wildman–Crippen LogP) is 2.83. The minimum Gasteiger partial charge on any atom is -0.375 e. The first-order valence-electron chi connectivity index (χ1n) is 7.68. The lowest BCUT2D eigenvalue weighted by molar-refractivity contribution is -0.0310. The summed E-state index contributed by atoms with van der Waals surface area (Å²) < 4.78 is 8.07. The van der Waals surface area contributed by atoms with Crippen LogP contribution in [0.25, 0.3) is 0 Å². The van der Waals surface area contributed by atoms with Gasteiger partial charge in [0, 0.05) is 44.3 Å². The third kappa shape index (κ3) is 3.51. The van der Waals surface area contributed by atoms with Crippen LogP contribution in [0.1, 0.15) is 17.1 Å². The highest BCUT2D eigenvalue weighted by Crippen LogP contribution is 2.20. The molecule has 1 atom stereocenters. The standard InChI is InChI=1S/C17H22ClN3O/c1-13-19-10-15(20(13)2)11-21-7-8-22-16(12-21)9-14-5-3-4-6-17(14)18/h3-6,10,16H,7-9,11-12H2,1-2H3/t16-/m0/s1. The second-order valence-electron chi connectivity index (χ2n) is 5.88. The number of rotatable bonds is 4. The van der Waals surface area contributed by atoms with Gasteiger partial charge in [-0.15, -0.1) is 0 Å². The summed E-state index contributed by atoms with van der Waals surface area (Å²) in [6.45, 7) is 5.60. The number of aryl methyl sites for hydroxylation is 1. The molecule has 0 amide bonds. The van der Waals surface area contributed by atoms with Crippen molar-refractivity contribution in [1.82, 2.24) is 14.5 Å². The van der Waals surface area contributed by atoms with Crippen LogP contribution in [0.2, 0.25) is 5.02 Å². The maximum Gasteiger partial charge on any atom is 0.105 e. The zero-order valence-electron chi connectivity index (χ0n) is 13.1. The SMILES string of the molecule is Cc1ncc(CN2CCO[C@@H](Cc3ccccc3Cl)C2)n1C. The van der Waals surface area contributed by atoms with Gasteiger partial charge in [0.1, 0.15) is 5.82 Å². The maximum atomic E-state index is 6.25. The minimum atomic E-state index is 0.197. The van der Waals surface area contributed by atoms with Gasteiger partial charge in [0.2, 0.25) is 0 Å². The molecular formula is C17H22ClN3O. The van der Waals surface area contributed by atoms with Crippen molar-refractivity contribution in [2.24, 2.45) is 7.05 Å². The van der Waals surface area contributed by atoms with Crippen LogP contribution < -0.4 is 0 Å². The zero-order chi connectivity index (χ0) is 15.5. The van der Waals surface area contributed by atoms with Crippen LogP contribution >= 0.6 is 11.6 Å². The van der Waals surface area contributed by atoms with Crippen molar-refractivity contribution in [2.75, 3.05) is 19.7 Å². The van der Waals surface area contributed by atoms with Crippen molar-refractivity contribution in [3.8, 4) is 0 Å². The normalized spacial score (nSPS) is 19.5. The Labute approximate surface area is 136 Å². The van der Waals surface area contributed by atoms with E-state index < -0.39 is 0 Å². The summed E-state index contributed by atoms with van der Waals surface area (Å²) in [7, 11) is 2.07. The lowest BCUT2D eigenvalue weighted by Crippen LogP contribution is -2.43. The van der Waals surface area contributed by atoms with Gasteiger partial charge in [-0.25, -0.2) is 4.98 Å². The van der Waals surface area contributed by atoms with E-state index in [2.05, 4.69) is 27.6 Å².